The number of aliphatic hydroxyl groups is 1. The van der Waals surface area contributed by atoms with Gasteiger partial charge in [0.05, 0.1) is 17.1 Å². The summed E-state index contributed by atoms with van der Waals surface area (Å²) in [5.41, 5.74) is 5.11. The molecule has 0 rings (SSSR count). The van der Waals surface area contributed by atoms with Crippen molar-refractivity contribution in [3.8, 4) is 0 Å². The van der Waals surface area contributed by atoms with Gasteiger partial charge >= 0.3 is 0 Å². The van der Waals surface area contributed by atoms with Crippen LogP contribution in [-0.4, -0.2) is 37.2 Å². The monoisotopic (exact) mass is 217 g/mol. The molecule has 0 radical (unpaired) electrons. The van der Waals surface area contributed by atoms with Crippen LogP contribution in [0.3, 0.4) is 0 Å². The molecule has 6 heteroatoms. The molecule has 0 aromatic carbocycles. The van der Waals surface area contributed by atoms with Crippen molar-refractivity contribution in [2.24, 2.45) is 5.73 Å². The first-order valence-corrected chi connectivity index (χ1v) is 5.06. The molecule has 0 fully saturated rings. The number of rotatable bonds is 4. The van der Waals surface area contributed by atoms with Gasteiger partial charge in [-0.15, -0.1) is 12.4 Å². The van der Waals surface area contributed by atoms with Gasteiger partial charge in [0, 0.05) is 6.54 Å². The molecule has 0 unspecified atom stereocenters. The Labute approximate surface area is 79.5 Å². The van der Waals surface area contributed by atoms with E-state index in [2.05, 4.69) is 0 Å². The van der Waals surface area contributed by atoms with E-state index in [1.165, 1.54) is 13.8 Å². The normalized spacial score (nSPS) is 12.3. The highest BCUT2D eigenvalue weighted by atomic mass is 35.5. The number of aliphatic hydroxyl groups excluding tert-OH is 1. The van der Waals surface area contributed by atoms with Gasteiger partial charge < -0.3 is 10.8 Å². The summed E-state index contributed by atoms with van der Waals surface area (Å²) in [5, 5.41) is 8.74. The second-order valence-electron chi connectivity index (χ2n) is 3.03. The van der Waals surface area contributed by atoms with E-state index in [9.17, 15) is 8.42 Å². The molecule has 0 aliphatic rings. The van der Waals surface area contributed by atoms with E-state index in [1.807, 2.05) is 0 Å². The summed E-state index contributed by atoms with van der Waals surface area (Å²) in [7, 11) is -3.23. The zero-order chi connectivity index (χ0) is 9.12. The van der Waals surface area contributed by atoms with Crippen LogP contribution in [0.1, 0.15) is 13.8 Å². The number of sulfone groups is 1. The van der Waals surface area contributed by atoms with Crippen LogP contribution in [0.4, 0.5) is 0 Å². The van der Waals surface area contributed by atoms with Crippen LogP contribution in [0.15, 0.2) is 0 Å². The molecule has 76 valence electrons. The molecule has 0 aliphatic heterocycles. The molecule has 12 heavy (non-hydrogen) atoms. The quantitative estimate of drug-likeness (QED) is 0.669. The van der Waals surface area contributed by atoms with Gasteiger partial charge in [0.1, 0.15) is 0 Å². The highest BCUT2D eigenvalue weighted by Gasteiger charge is 2.32. The third-order valence-corrected chi connectivity index (χ3v) is 4.20. The number of hydrogen-bond donors (Lipinski definition) is 2. The molecular formula is C6H16ClNO3S. The molecule has 0 aliphatic carbocycles. The first-order chi connectivity index (χ1) is 4.87. The van der Waals surface area contributed by atoms with E-state index in [0.717, 1.165) is 0 Å². The summed E-state index contributed by atoms with van der Waals surface area (Å²) in [6.07, 6.45) is 0. The lowest BCUT2D eigenvalue weighted by molar-refractivity contribution is 0.258. The second kappa shape index (κ2) is 5.01. The maximum Gasteiger partial charge on any atom is 0.158 e. The summed E-state index contributed by atoms with van der Waals surface area (Å²) in [4.78, 5) is 0. The molecule has 0 saturated carbocycles. The van der Waals surface area contributed by atoms with E-state index in [4.69, 9.17) is 10.8 Å². The average molecular weight is 218 g/mol. The summed E-state index contributed by atoms with van der Waals surface area (Å²) < 4.78 is 21.4. The van der Waals surface area contributed by atoms with E-state index in [0.29, 0.717) is 0 Å². The SMILES string of the molecule is CC(C)(CO)S(=O)(=O)CCN.Cl. The fourth-order valence-electron chi connectivity index (χ4n) is 0.530. The molecule has 0 aromatic rings. The molecule has 0 amide bonds. The Kier molecular flexibility index (Phi) is 6.13. The van der Waals surface area contributed by atoms with Crippen LogP contribution in [-0.2, 0) is 9.84 Å². The molecule has 0 spiro atoms. The van der Waals surface area contributed by atoms with Crippen molar-refractivity contribution in [1.29, 1.82) is 0 Å². The lowest BCUT2D eigenvalue weighted by Crippen LogP contribution is -2.39. The van der Waals surface area contributed by atoms with Gasteiger partial charge in [0.15, 0.2) is 9.84 Å². The van der Waals surface area contributed by atoms with Crippen molar-refractivity contribution in [3.63, 3.8) is 0 Å². The van der Waals surface area contributed by atoms with Crippen LogP contribution >= 0.6 is 12.4 Å². The van der Waals surface area contributed by atoms with Crippen molar-refractivity contribution in [2.45, 2.75) is 18.6 Å². The number of nitrogens with two attached hydrogens (primary N) is 1. The standard InChI is InChI=1S/C6H15NO3S.ClH/c1-6(2,5-8)11(9,10)4-3-7;/h8H,3-5,7H2,1-2H3;1H. The third-order valence-electron chi connectivity index (χ3n) is 1.61. The van der Waals surface area contributed by atoms with E-state index in [-0.39, 0.29) is 31.3 Å². The van der Waals surface area contributed by atoms with E-state index >= 15 is 0 Å². The summed E-state index contributed by atoms with van der Waals surface area (Å²) in [6, 6.07) is 0. The van der Waals surface area contributed by atoms with Gasteiger partial charge in [-0.05, 0) is 13.8 Å². The molecule has 0 bridgehead atoms. The first-order valence-electron chi connectivity index (χ1n) is 3.40. The van der Waals surface area contributed by atoms with E-state index in [1.54, 1.807) is 0 Å². The zero-order valence-electron chi connectivity index (χ0n) is 7.28. The van der Waals surface area contributed by atoms with Crippen molar-refractivity contribution in [3.05, 3.63) is 0 Å². The van der Waals surface area contributed by atoms with Crippen molar-refractivity contribution < 1.29 is 13.5 Å². The van der Waals surface area contributed by atoms with Crippen molar-refractivity contribution in [2.75, 3.05) is 18.9 Å². The lowest BCUT2D eigenvalue weighted by Gasteiger charge is -2.21. The maximum absolute atomic E-state index is 11.2. The fraction of sp³-hybridized carbons (Fsp3) is 1.00. The first kappa shape index (κ1) is 14.7. The van der Waals surface area contributed by atoms with Gasteiger partial charge in [0.2, 0.25) is 0 Å². The predicted octanol–water partition coefficient (Wildman–Crippen LogP) is -0.447. The van der Waals surface area contributed by atoms with Crippen LogP contribution in [0.5, 0.6) is 0 Å². The second-order valence-corrected chi connectivity index (χ2v) is 5.77. The van der Waals surface area contributed by atoms with Gasteiger partial charge in [-0.3, -0.25) is 0 Å². The molecule has 0 saturated heterocycles. The Bertz CT molecular complexity index is 213. The summed E-state index contributed by atoms with van der Waals surface area (Å²) >= 11 is 0. The molecule has 4 nitrogen and oxygen atoms in total. The van der Waals surface area contributed by atoms with Crippen LogP contribution in [0, 0.1) is 0 Å². The minimum Gasteiger partial charge on any atom is -0.395 e. The average Bonchev–Trinajstić information content (AvgIpc) is 1.87. The number of hydrogen-bond acceptors (Lipinski definition) is 4. The number of halogens is 1. The molecule has 3 N–H and O–H groups in total. The fourth-order valence-corrected chi connectivity index (χ4v) is 1.59. The Morgan fingerprint density at radius 3 is 2.08 bits per heavy atom. The van der Waals surface area contributed by atoms with Crippen LogP contribution < -0.4 is 5.73 Å². The minimum atomic E-state index is -3.23. The Morgan fingerprint density at radius 2 is 1.83 bits per heavy atom. The molecular weight excluding hydrogens is 202 g/mol. The van der Waals surface area contributed by atoms with Crippen molar-refractivity contribution in [1.82, 2.24) is 0 Å². The Morgan fingerprint density at radius 1 is 1.42 bits per heavy atom. The topological polar surface area (TPSA) is 80.4 Å². The molecule has 0 heterocycles. The summed E-state index contributed by atoms with van der Waals surface area (Å²) in [6.45, 7) is 2.71. The van der Waals surface area contributed by atoms with Gasteiger partial charge in [-0.1, -0.05) is 0 Å². The Hall–Kier alpha value is 0.160. The largest absolute Gasteiger partial charge is 0.395 e. The zero-order valence-corrected chi connectivity index (χ0v) is 8.91. The molecule has 0 aromatic heterocycles. The predicted molar refractivity (Wildman–Crippen MR) is 51.3 cm³/mol. The third kappa shape index (κ3) is 3.26. The smallest absolute Gasteiger partial charge is 0.158 e. The van der Waals surface area contributed by atoms with E-state index < -0.39 is 14.6 Å². The summed E-state index contributed by atoms with van der Waals surface area (Å²) in [5.74, 6) is -0.0689. The van der Waals surface area contributed by atoms with Gasteiger partial charge in [-0.25, -0.2) is 8.42 Å². The highest BCUT2D eigenvalue weighted by Crippen LogP contribution is 2.15. The highest BCUT2D eigenvalue weighted by molar-refractivity contribution is 7.92. The van der Waals surface area contributed by atoms with Crippen molar-refractivity contribution >= 4 is 22.2 Å². The Balaban J connectivity index is 0. The minimum absolute atomic E-state index is 0. The lowest BCUT2D eigenvalue weighted by atomic mass is 10.2. The maximum atomic E-state index is 11.2. The van der Waals surface area contributed by atoms with Crippen LogP contribution in [0.25, 0.3) is 0 Å². The van der Waals surface area contributed by atoms with Crippen LogP contribution in [0.2, 0.25) is 0 Å². The van der Waals surface area contributed by atoms with Gasteiger partial charge in [0.25, 0.3) is 0 Å². The van der Waals surface area contributed by atoms with Gasteiger partial charge in [-0.2, -0.15) is 0 Å². The molecule has 0 atom stereocenters.